The van der Waals surface area contributed by atoms with Crippen molar-refractivity contribution in [3.8, 4) is 0 Å². The average molecular weight is 207 g/mol. The van der Waals surface area contributed by atoms with Crippen molar-refractivity contribution in [3.63, 3.8) is 0 Å². The van der Waals surface area contributed by atoms with E-state index in [1.165, 1.54) is 0 Å². The third-order valence-electron chi connectivity index (χ3n) is 1.37. The molecule has 0 heterocycles. The number of hydrogen-bond donors (Lipinski definition) is 2. The number of halogens is 3. The van der Waals surface area contributed by atoms with Crippen LogP contribution in [-0.4, -0.2) is 5.91 Å². The molecule has 0 aliphatic carbocycles. The molecule has 0 bridgehead atoms. The van der Waals surface area contributed by atoms with E-state index in [1.54, 1.807) is 5.43 Å². The van der Waals surface area contributed by atoms with Crippen LogP contribution in [-0.2, 0) is 0 Å². The highest BCUT2D eigenvalue weighted by Crippen LogP contribution is 2.18. The predicted molar refractivity (Wildman–Crippen MR) is 43.0 cm³/mol. The summed E-state index contributed by atoms with van der Waals surface area (Å²) >= 11 is 5.40. The first-order valence-corrected chi connectivity index (χ1v) is 3.59. The zero-order chi connectivity index (χ0) is 10.0. The Bertz CT molecular complexity index is 357. The number of carbonyl (C=O) groups is 1. The smallest absolute Gasteiger partial charge is 0.268 e. The van der Waals surface area contributed by atoms with Gasteiger partial charge in [0.05, 0.1) is 5.56 Å². The van der Waals surface area contributed by atoms with Crippen LogP contribution in [0, 0.1) is 11.6 Å². The predicted octanol–water partition coefficient (Wildman–Crippen LogP) is 1.22. The Morgan fingerprint density at radius 2 is 2.08 bits per heavy atom. The minimum atomic E-state index is -1.27. The van der Waals surface area contributed by atoms with Crippen molar-refractivity contribution in [2.75, 3.05) is 0 Å². The number of hydrogen-bond acceptors (Lipinski definition) is 2. The number of nitrogens with two attached hydrogens (primary N) is 1. The van der Waals surface area contributed by atoms with Crippen LogP contribution < -0.4 is 11.3 Å². The van der Waals surface area contributed by atoms with E-state index in [1.807, 2.05) is 0 Å². The molecule has 1 rings (SSSR count). The van der Waals surface area contributed by atoms with Gasteiger partial charge in [-0.3, -0.25) is 10.2 Å². The van der Waals surface area contributed by atoms with Gasteiger partial charge in [0.25, 0.3) is 5.91 Å². The van der Waals surface area contributed by atoms with Gasteiger partial charge in [0.15, 0.2) is 11.6 Å². The number of hydrazine groups is 1. The SMILES string of the molecule is NNC(=O)c1cc(Cl)cc(F)c1F. The van der Waals surface area contributed by atoms with Crippen molar-refractivity contribution < 1.29 is 13.6 Å². The fourth-order valence-electron chi connectivity index (χ4n) is 0.799. The summed E-state index contributed by atoms with van der Waals surface area (Å²) in [5.74, 6) is 1.35. The van der Waals surface area contributed by atoms with E-state index in [4.69, 9.17) is 17.4 Å². The molecule has 0 atom stereocenters. The Kier molecular flexibility index (Phi) is 2.79. The monoisotopic (exact) mass is 206 g/mol. The van der Waals surface area contributed by atoms with E-state index in [0.29, 0.717) is 0 Å². The van der Waals surface area contributed by atoms with Crippen molar-refractivity contribution in [3.05, 3.63) is 34.4 Å². The highest BCUT2D eigenvalue weighted by atomic mass is 35.5. The van der Waals surface area contributed by atoms with Gasteiger partial charge in [0.1, 0.15) is 0 Å². The van der Waals surface area contributed by atoms with Crippen LogP contribution in [0.5, 0.6) is 0 Å². The standard InChI is InChI=1S/C7H5ClF2N2O/c8-3-1-4(7(13)12-11)6(10)5(9)2-3/h1-2H,11H2,(H,12,13). The lowest BCUT2D eigenvalue weighted by atomic mass is 10.2. The number of benzene rings is 1. The lowest BCUT2D eigenvalue weighted by molar-refractivity contribution is 0.0948. The maximum Gasteiger partial charge on any atom is 0.268 e. The van der Waals surface area contributed by atoms with Crippen molar-refractivity contribution in [1.29, 1.82) is 0 Å². The zero-order valence-electron chi connectivity index (χ0n) is 6.27. The van der Waals surface area contributed by atoms with Crippen LogP contribution in [0.2, 0.25) is 5.02 Å². The fourth-order valence-corrected chi connectivity index (χ4v) is 1.00. The number of nitrogens with one attached hydrogen (secondary N) is 1. The summed E-state index contributed by atoms with van der Waals surface area (Å²) in [6.07, 6.45) is 0. The minimum absolute atomic E-state index is 0.0718. The third kappa shape index (κ3) is 1.93. The lowest BCUT2D eigenvalue weighted by Crippen LogP contribution is -2.30. The van der Waals surface area contributed by atoms with Gasteiger partial charge in [-0.25, -0.2) is 14.6 Å². The second kappa shape index (κ2) is 3.67. The summed E-state index contributed by atoms with van der Waals surface area (Å²) in [6.45, 7) is 0. The first-order valence-electron chi connectivity index (χ1n) is 3.21. The second-order valence-corrected chi connectivity index (χ2v) is 2.66. The van der Waals surface area contributed by atoms with Crippen LogP contribution in [0.4, 0.5) is 8.78 Å². The van der Waals surface area contributed by atoms with Crippen molar-refractivity contribution in [1.82, 2.24) is 5.43 Å². The molecule has 1 aromatic rings. The quantitative estimate of drug-likeness (QED) is 0.314. The Balaban J connectivity index is 3.28. The minimum Gasteiger partial charge on any atom is -0.290 e. The lowest BCUT2D eigenvalue weighted by Gasteiger charge is -2.02. The first kappa shape index (κ1) is 9.88. The maximum atomic E-state index is 12.9. The molecule has 3 N–H and O–H groups in total. The summed E-state index contributed by atoms with van der Waals surface area (Å²) in [7, 11) is 0. The number of amides is 1. The molecule has 13 heavy (non-hydrogen) atoms. The fraction of sp³-hybridized carbons (Fsp3) is 0. The molecule has 0 fully saturated rings. The summed E-state index contributed by atoms with van der Waals surface area (Å²) in [6, 6.07) is 1.76. The average Bonchev–Trinajstić information content (AvgIpc) is 2.10. The molecule has 0 aliphatic rings. The Morgan fingerprint density at radius 1 is 1.46 bits per heavy atom. The highest BCUT2D eigenvalue weighted by Gasteiger charge is 2.15. The summed E-state index contributed by atoms with van der Waals surface area (Å²) in [4.78, 5) is 10.8. The topological polar surface area (TPSA) is 55.1 Å². The second-order valence-electron chi connectivity index (χ2n) is 2.22. The molecule has 0 saturated carbocycles. The molecule has 1 amide bonds. The van der Waals surface area contributed by atoms with Gasteiger partial charge in [0.2, 0.25) is 0 Å². The normalized spacial score (nSPS) is 9.85. The van der Waals surface area contributed by atoms with Crippen molar-refractivity contribution in [2.45, 2.75) is 0 Å². The number of rotatable bonds is 1. The highest BCUT2D eigenvalue weighted by molar-refractivity contribution is 6.31. The van der Waals surface area contributed by atoms with E-state index in [2.05, 4.69) is 0 Å². The Hall–Kier alpha value is -1.20. The van der Waals surface area contributed by atoms with E-state index in [9.17, 15) is 13.6 Å². The van der Waals surface area contributed by atoms with Crippen LogP contribution in [0.15, 0.2) is 12.1 Å². The molecule has 0 aromatic heterocycles. The molecule has 0 unspecified atom stereocenters. The summed E-state index contributed by atoms with van der Waals surface area (Å²) < 4.78 is 25.5. The van der Waals surface area contributed by atoms with Crippen LogP contribution in [0.1, 0.15) is 10.4 Å². The van der Waals surface area contributed by atoms with Crippen molar-refractivity contribution in [2.24, 2.45) is 5.84 Å². The molecule has 0 spiro atoms. The zero-order valence-corrected chi connectivity index (χ0v) is 7.03. The Morgan fingerprint density at radius 3 is 2.62 bits per heavy atom. The van der Waals surface area contributed by atoms with E-state index < -0.39 is 23.1 Å². The summed E-state index contributed by atoms with van der Waals surface area (Å²) in [5.41, 5.74) is 1.15. The number of carbonyl (C=O) groups excluding carboxylic acids is 1. The van der Waals surface area contributed by atoms with Crippen LogP contribution >= 0.6 is 11.6 Å². The van der Waals surface area contributed by atoms with Gasteiger partial charge in [-0.15, -0.1) is 0 Å². The molecular formula is C7H5ClF2N2O. The molecule has 0 aliphatic heterocycles. The van der Waals surface area contributed by atoms with Gasteiger partial charge in [0, 0.05) is 5.02 Å². The molecule has 70 valence electrons. The van der Waals surface area contributed by atoms with E-state index >= 15 is 0 Å². The summed E-state index contributed by atoms with van der Waals surface area (Å²) in [5, 5.41) is -0.0718. The number of nitrogen functional groups attached to an aromatic ring is 1. The molecule has 0 radical (unpaired) electrons. The Labute approximate surface area is 77.5 Å². The maximum absolute atomic E-state index is 12.9. The molecule has 0 saturated heterocycles. The first-order chi connectivity index (χ1) is 6.06. The van der Waals surface area contributed by atoms with Crippen LogP contribution in [0.3, 0.4) is 0 Å². The van der Waals surface area contributed by atoms with E-state index in [0.717, 1.165) is 12.1 Å². The van der Waals surface area contributed by atoms with Crippen molar-refractivity contribution >= 4 is 17.5 Å². The van der Waals surface area contributed by atoms with Gasteiger partial charge in [-0.1, -0.05) is 11.6 Å². The molecule has 6 heteroatoms. The third-order valence-corrected chi connectivity index (χ3v) is 1.59. The van der Waals surface area contributed by atoms with Gasteiger partial charge >= 0.3 is 0 Å². The molecular weight excluding hydrogens is 202 g/mol. The van der Waals surface area contributed by atoms with E-state index in [-0.39, 0.29) is 5.02 Å². The van der Waals surface area contributed by atoms with Gasteiger partial charge in [-0.2, -0.15) is 0 Å². The largest absolute Gasteiger partial charge is 0.290 e. The van der Waals surface area contributed by atoms with Gasteiger partial charge in [-0.05, 0) is 12.1 Å². The molecule has 1 aromatic carbocycles. The van der Waals surface area contributed by atoms with Crippen LogP contribution in [0.25, 0.3) is 0 Å². The molecule has 3 nitrogen and oxygen atoms in total. The van der Waals surface area contributed by atoms with Gasteiger partial charge < -0.3 is 0 Å².